The zero-order valence-corrected chi connectivity index (χ0v) is 17.5. The van der Waals surface area contributed by atoms with Crippen molar-refractivity contribution in [2.75, 3.05) is 32.7 Å². The average molecular weight is 391 g/mol. The third-order valence-corrected chi connectivity index (χ3v) is 6.52. The first-order valence-corrected chi connectivity index (χ1v) is 10.6. The highest BCUT2D eigenvalue weighted by atomic mass is 16.2. The van der Waals surface area contributed by atoms with Crippen LogP contribution >= 0.6 is 0 Å². The molecule has 5 heteroatoms. The Labute approximate surface area is 173 Å². The van der Waals surface area contributed by atoms with Crippen LogP contribution in [0.4, 0.5) is 0 Å². The van der Waals surface area contributed by atoms with E-state index in [4.69, 9.17) is 0 Å². The number of likely N-dealkylation sites (tertiary alicyclic amines) is 2. The largest absolute Gasteiger partial charge is 0.336 e. The predicted molar refractivity (Wildman–Crippen MR) is 114 cm³/mol. The van der Waals surface area contributed by atoms with Gasteiger partial charge in [0.25, 0.3) is 5.91 Å². The van der Waals surface area contributed by atoms with Crippen LogP contribution in [0.25, 0.3) is 0 Å². The zero-order chi connectivity index (χ0) is 20.3. The number of nitrogens with zero attached hydrogens (tertiary/aromatic N) is 4. The van der Waals surface area contributed by atoms with E-state index < -0.39 is 0 Å². The fraction of sp³-hybridized carbons (Fsp3) is 0.500. The summed E-state index contributed by atoms with van der Waals surface area (Å²) in [4.78, 5) is 17.6. The molecule has 0 saturated carbocycles. The SMILES string of the molecule is CCC#CCN1CC2CN(C(=O)c3ccnn3C)CC2(CCc2ccccc2)C1. The smallest absolute Gasteiger partial charge is 0.272 e. The maximum absolute atomic E-state index is 13.1. The second kappa shape index (κ2) is 8.42. The Hall–Kier alpha value is -2.58. The van der Waals surface area contributed by atoms with E-state index in [1.165, 1.54) is 5.56 Å². The van der Waals surface area contributed by atoms with Gasteiger partial charge in [-0.2, -0.15) is 5.10 Å². The molecule has 1 aromatic heterocycles. The number of hydrogen-bond acceptors (Lipinski definition) is 3. The number of aryl methyl sites for hydroxylation is 2. The quantitative estimate of drug-likeness (QED) is 0.737. The summed E-state index contributed by atoms with van der Waals surface area (Å²) < 4.78 is 1.68. The lowest BCUT2D eigenvalue weighted by molar-refractivity contribution is 0.0747. The number of fused-ring (bicyclic) bond motifs is 1. The Morgan fingerprint density at radius 1 is 1.17 bits per heavy atom. The molecule has 0 bridgehead atoms. The van der Waals surface area contributed by atoms with Crippen molar-refractivity contribution < 1.29 is 4.79 Å². The van der Waals surface area contributed by atoms with Gasteiger partial charge in [0.15, 0.2) is 0 Å². The van der Waals surface area contributed by atoms with Crippen molar-refractivity contribution in [3.63, 3.8) is 0 Å². The number of carbonyl (C=O) groups is 1. The van der Waals surface area contributed by atoms with Crippen LogP contribution in [-0.2, 0) is 13.5 Å². The summed E-state index contributed by atoms with van der Waals surface area (Å²) in [5, 5.41) is 4.17. The van der Waals surface area contributed by atoms with Crippen LogP contribution in [-0.4, -0.2) is 58.2 Å². The molecule has 5 nitrogen and oxygen atoms in total. The molecule has 1 amide bonds. The Bertz CT molecular complexity index is 910. The minimum absolute atomic E-state index is 0.107. The van der Waals surface area contributed by atoms with Crippen molar-refractivity contribution in [2.45, 2.75) is 26.2 Å². The van der Waals surface area contributed by atoms with Crippen molar-refractivity contribution >= 4 is 5.91 Å². The summed E-state index contributed by atoms with van der Waals surface area (Å²) in [6.07, 6.45) is 4.76. The van der Waals surface area contributed by atoms with Gasteiger partial charge in [-0.25, -0.2) is 0 Å². The predicted octanol–water partition coefficient (Wildman–Crippen LogP) is 2.84. The first-order valence-electron chi connectivity index (χ1n) is 10.6. The van der Waals surface area contributed by atoms with Crippen molar-refractivity contribution in [2.24, 2.45) is 18.4 Å². The van der Waals surface area contributed by atoms with E-state index in [2.05, 4.69) is 64.0 Å². The summed E-state index contributed by atoms with van der Waals surface area (Å²) in [6, 6.07) is 12.5. The van der Waals surface area contributed by atoms with Gasteiger partial charge in [0.05, 0.1) is 6.54 Å². The van der Waals surface area contributed by atoms with E-state index in [0.717, 1.165) is 52.0 Å². The molecular formula is C24H30N4O. The van der Waals surface area contributed by atoms with Crippen LogP contribution < -0.4 is 0 Å². The fourth-order valence-corrected chi connectivity index (χ4v) is 5.00. The number of benzene rings is 1. The molecule has 2 aromatic rings. The van der Waals surface area contributed by atoms with Gasteiger partial charge >= 0.3 is 0 Å². The topological polar surface area (TPSA) is 41.4 Å². The van der Waals surface area contributed by atoms with E-state index in [0.29, 0.717) is 11.6 Å². The summed E-state index contributed by atoms with van der Waals surface area (Å²) in [5.41, 5.74) is 2.20. The molecule has 2 aliphatic rings. The summed E-state index contributed by atoms with van der Waals surface area (Å²) in [5.74, 6) is 7.12. The lowest BCUT2D eigenvalue weighted by Gasteiger charge is -2.29. The summed E-state index contributed by atoms with van der Waals surface area (Å²) in [7, 11) is 1.84. The van der Waals surface area contributed by atoms with Gasteiger partial charge in [0.2, 0.25) is 0 Å². The molecule has 0 aliphatic carbocycles. The zero-order valence-electron chi connectivity index (χ0n) is 17.5. The second-order valence-corrected chi connectivity index (χ2v) is 8.45. The number of carbonyl (C=O) groups excluding carboxylic acids is 1. The third kappa shape index (κ3) is 4.09. The molecule has 2 atom stereocenters. The van der Waals surface area contributed by atoms with E-state index in [9.17, 15) is 4.79 Å². The normalized spacial score (nSPS) is 23.7. The van der Waals surface area contributed by atoms with Crippen molar-refractivity contribution in [3.05, 3.63) is 53.9 Å². The number of aromatic nitrogens is 2. The van der Waals surface area contributed by atoms with E-state index in [-0.39, 0.29) is 11.3 Å². The third-order valence-electron chi connectivity index (χ3n) is 6.52. The first-order chi connectivity index (χ1) is 14.1. The van der Waals surface area contributed by atoms with Crippen molar-refractivity contribution in [3.8, 4) is 11.8 Å². The molecule has 0 N–H and O–H groups in total. The van der Waals surface area contributed by atoms with E-state index in [1.807, 2.05) is 13.1 Å². The van der Waals surface area contributed by atoms with Crippen molar-refractivity contribution in [1.82, 2.24) is 19.6 Å². The van der Waals surface area contributed by atoms with Crippen LogP contribution in [0.5, 0.6) is 0 Å². The minimum atomic E-state index is 0.107. The van der Waals surface area contributed by atoms with Crippen LogP contribution in [0, 0.1) is 23.2 Å². The Morgan fingerprint density at radius 3 is 2.72 bits per heavy atom. The Balaban J connectivity index is 1.51. The first kappa shape index (κ1) is 19.7. The van der Waals surface area contributed by atoms with Gasteiger partial charge in [-0.3, -0.25) is 14.4 Å². The van der Waals surface area contributed by atoms with Crippen LogP contribution in [0.1, 0.15) is 35.8 Å². The van der Waals surface area contributed by atoms with Crippen LogP contribution in [0.15, 0.2) is 42.6 Å². The molecule has 0 spiro atoms. The highest BCUT2D eigenvalue weighted by molar-refractivity contribution is 5.92. The summed E-state index contributed by atoms with van der Waals surface area (Å²) in [6.45, 7) is 6.64. The van der Waals surface area contributed by atoms with Crippen LogP contribution in [0.3, 0.4) is 0 Å². The molecule has 0 radical (unpaired) electrons. The molecule has 2 saturated heterocycles. The lowest BCUT2D eigenvalue weighted by Crippen LogP contribution is -2.38. The van der Waals surface area contributed by atoms with Gasteiger partial charge in [0.1, 0.15) is 5.69 Å². The molecule has 152 valence electrons. The maximum Gasteiger partial charge on any atom is 0.272 e. The van der Waals surface area contributed by atoms with Gasteiger partial charge in [-0.05, 0) is 30.4 Å². The fourth-order valence-electron chi connectivity index (χ4n) is 5.00. The standard InChI is InChI=1S/C24H30N4O/c1-3-4-8-15-27-16-21-17-28(23(29)22-12-14-25-26(22)2)19-24(21,18-27)13-11-20-9-6-5-7-10-20/h5-7,9-10,12,14,21H,3,11,13,15-19H2,1-2H3. The highest BCUT2D eigenvalue weighted by Gasteiger charge is 2.52. The molecular weight excluding hydrogens is 360 g/mol. The molecule has 2 aliphatic heterocycles. The number of rotatable bonds is 5. The van der Waals surface area contributed by atoms with Gasteiger partial charge in [0, 0.05) is 51.3 Å². The highest BCUT2D eigenvalue weighted by Crippen LogP contribution is 2.46. The monoisotopic (exact) mass is 390 g/mol. The summed E-state index contributed by atoms with van der Waals surface area (Å²) >= 11 is 0. The van der Waals surface area contributed by atoms with E-state index in [1.54, 1.807) is 10.9 Å². The number of amides is 1. The van der Waals surface area contributed by atoms with Crippen LogP contribution in [0.2, 0.25) is 0 Å². The lowest BCUT2D eigenvalue weighted by atomic mass is 9.76. The Morgan fingerprint density at radius 2 is 2.00 bits per heavy atom. The molecule has 2 unspecified atom stereocenters. The second-order valence-electron chi connectivity index (χ2n) is 8.45. The molecule has 29 heavy (non-hydrogen) atoms. The van der Waals surface area contributed by atoms with Gasteiger partial charge in [-0.1, -0.05) is 43.2 Å². The molecule has 4 rings (SSSR count). The van der Waals surface area contributed by atoms with E-state index >= 15 is 0 Å². The average Bonchev–Trinajstić information content (AvgIpc) is 3.39. The Kier molecular flexibility index (Phi) is 5.73. The van der Waals surface area contributed by atoms with Gasteiger partial charge in [-0.15, -0.1) is 5.92 Å². The minimum Gasteiger partial charge on any atom is -0.336 e. The van der Waals surface area contributed by atoms with Crippen molar-refractivity contribution in [1.29, 1.82) is 0 Å². The molecule has 3 heterocycles. The number of hydrogen-bond donors (Lipinski definition) is 0. The maximum atomic E-state index is 13.1. The molecule has 1 aromatic carbocycles. The van der Waals surface area contributed by atoms with Gasteiger partial charge < -0.3 is 4.90 Å². The molecule has 2 fully saturated rings.